The lowest BCUT2D eigenvalue weighted by Crippen LogP contribution is -2.10. The number of nitrogens with zero attached hydrogens (tertiary/aromatic N) is 2. The molecule has 0 N–H and O–H groups in total. The van der Waals surface area contributed by atoms with Crippen LogP contribution in [-0.4, -0.2) is 9.97 Å². The maximum atomic E-state index is 6.21. The molecule has 0 aliphatic heterocycles. The third-order valence-corrected chi connectivity index (χ3v) is 5.07. The van der Waals surface area contributed by atoms with E-state index in [1.807, 2.05) is 0 Å². The van der Waals surface area contributed by atoms with Gasteiger partial charge in [0.2, 0.25) is 0 Å². The summed E-state index contributed by atoms with van der Waals surface area (Å²) < 4.78 is 0.918. The first kappa shape index (κ1) is 11.9. The fourth-order valence-electron chi connectivity index (χ4n) is 2.62. The van der Waals surface area contributed by atoms with E-state index in [4.69, 9.17) is 16.6 Å². The molecular weight excluding hydrogens is 300 g/mol. The standard InChI is InChI=1S/C13H16BrClN2/c14-10-11(8-6-7-8)16-13(17-12(10)15)9-4-2-1-3-5-9/h8-9H,1-7H2. The topological polar surface area (TPSA) is 25.8 Å². The molecule has 0 radical (unpaired) electrons. The van der Waals surface area contributed by atoms with Crippen molar-refractivity contribution in [2.24, 2.45) is 0 Å². The molecule has 0 atom stereocenters. The Morgan fingerprint density at radius 3 is 2.29 bits per heavy atom. The third-order valence-electron chi connectivity index (χ3n) is 3.79. The predicted octanol–water partition coefficient (Wildman–Crippen LogP) is 4.82. The van der Waals surface area contributed by atoms with Crippen LogP contribution in [0.25, 0.3) is 0 Å². The zero-order valence-electron chi connectivity index (χ0n) is 9.75. The summed E-state index contributed by atoms with van der Waals surface area (Å²) in [5.74, 6) is 2.14. The van der Waals surface area contributed by atoms with Crippen LogP contribution in [0.3, 0.4) is 0 Å². The quantitative estimate of drug-likeness (QED) is 0.731. The van der Waals surface area contributed by atoms with Gasteiger partial charge in [0.05, 0.1) is 10.2 Å². The summed E-state index contributed by atoms with van der Waals surface area (Å²) in [6.45, 7) is 0. The molecule has 17 heavy (non-hydrogen) atoms. The van der Waals surface area contributed by atoms with Crippen molar-refractivity contribution >= 4 is 27.5 Å². The van der Waals surface area contributed by atoms with Crippen LogP contribution in [0.15, 0.2) is 4.47 Å². The van der Waals surface area contributed by atoms with E-state index in [2.05, 4.69) is 20.9 Å². The van der Waals surface area contributed by atoms with E-state index in [1.165, 1.54) is 44.9 Å². The second kappa shape index (κ2) is 4.85. The zero-order valence-corrected chi connectivity index (χ0v) is 12.1. The molecule has 0 amide bonds. The van der Waals surface area contributed by atoms with Crippen LogP contribution >= 0.6 is 27.5 Å². The van der Waals surface area contributed by atoms with Crippen LogP contribution in [-0.2, 0) is 0 Å². The highest BCUT2D eigenvalue weighted by molar-refractivity contribution is 9.10. The lowest BCUT2D eigenvalue weighted by atomic mass is 9.88. The van der Waals surface area contributed by atoms with Crippen molar-refractivity contribution in [1.82, 2.24) is 9.97 Å². The van der Waals surface area contributed by atoms with Crippen LogP contribution in [0, 0.1) is 0 Å². The summed E-state index contributed by atoms with van der Waals surface area (Å²) in [6.07, 6.45) is 8.91. The van der Waals surface area contributed by atoms with Crippen molar-refractivity contribution in [3.05, 3.63) is 21.1 Å². The number of rotatable bonds is 2. The molecule has 0 spiro atoms. The van der Waals surface area contributed by atoms with Crippen molar-refractivity contribution in [3.8, 4) is 0 Å². The van der Waals surface area contributed by atoms with E-state index in [1.54, 1.807) is 0 Å². The summed E-state index contributed by atoms with van der Waals surface area (Å²) in [5.41, 5.74) is 1.14. The molecular formula is C13H16BrClN2. The molecule has 1 aromatic heterocycles. The summed E-state index contributed by atoms with van der Waals surface area (Å²) in [6, 6.07) is 0. The van der Waals surface area contributed by atoms with Crippen LogP contribution < -0.4 is 0 Å². The minimum Gasteiger partial charge on any atom is -0.236 e. The van der Waals surface area contributed by atoms with Gasteiger partial charge in [-0.3, -0.25) is 0 Å². The first-order valence-electron chi connectivity index (χ1n) is 6.48. The Hall–Kier alpha value is -0.150. The van der Waals surface area contributed by atoms with E-state index < -0.39 is 0 Å². The first-order valence-corrected chi connectivity index (χ1v) is 7.65. The minimum atomic E-state index is 0.534. The lowest BCUT2D eigenvalue weighted by molar-refractivity contribution is 0.427. The Kier molecular flexibility index (Phi) is 3.40. The molecule has 0 bridgehead atoms. The van der Waals surface area contributed by atoms with Crippen molar-refractivity contribution in [3.63, 3.8) is 0 Å². The van der Waals surface area contributed by atoms with Gasteiger partial charge in [-0.05, 0) is 41.6 Å². The van der Waals surface area contributed by atoms with Crippen molar-refractivity contribution in [2.75, 3.05) is 0 Å². The number of halogens is 2. The predicted molar refractivity (Wildman–Crippen MR) is 72.5 cm³/mol. The van der Waals surface area contributed by atoms with Gasteiger partial charge in [0.1, 0.15) is 11.0 Å². The van der Waals surface area contributed by atoms with Gasteiger partial charge in [0.15, 0.2) is 0 Å². The molecule has 2 fully saturated rings. The Labute approximate surface area is 115 Å². The number of aromatic nitrogens is 2. The molecule has 0 saturated heterocycles. The average Bonchev–Trinajstić information content (AvgIpc) is 3.18. The molecule has 92 valence electrons. The van der Waals surface area contributed by atoms with Gasteiger partial charge in [-0.2, -0.15) is 0 Å². The normalized spacial score (nSPS) is 21.8. The highest BCUT2D eigenvalue weighted by Crippen LogP contribution is 2.44. The molecule has 0 aromatic carbocycles. The van der Waals surface area contributed by atoms with Crippen molar-refractivity contribution in [2.45, 2.75) is 56.8 Å². The van der Waals surface area contributed by atoms with E-state index in [-0.39, 0.29) is 0 Å². The number of hydrogen-bond donors (Lipinski definition) is 0. The summed E-state index contributed by atoms with van der Waals surface area (Å²) in [7, 11) is 0. The Balaban J connectivity index is 1.93. The minimum absolute atomic E-state index is 0.534. The van der Waals surface area contributed by atoms with E-state index in [0.717, 1.165) is 16.0 Å². The highest BCUT2D eigenvalue weighted by Gasteiger charge is 2.30. The zero-order chi connectivity index (χ0) is 11.8. The molecule has 2 aliphatic rings. The SMILES string of the molecule is Clc1nc(C2CCCCC2)nc(C2CC2)c1Br. The molecule has 0 unspecified atom stereocenters. The fourth-order valence-corrected chi connectivity index (χ4v) is 3.31. The van der Waals surface area contributed by atoms with Gasteiger partial charge in [-0.15, -0.1) is 0 Å². The van der Waals surface area contributed by atoms with Gasteiger partial charge in [0.25, 0.3) is 0 Å². The van der Waals surface area contributed by atoms with Crippen LogP contribution in [0.4, 0.5) is 0 Å². The molecule has 2 nitrogen and oxygen atoms in total. The summed E-state index contributed by atoms with van der Waals surface area (Å²) in [4.78, 5) is 9.25. The fraction of sp³-hybridized carbons (Fsp3) is 0.692. The lowest BCUT2D eigenvalue weighted by Gasteiger charge is -2.21. The Morgan fingerprint density at radius 2 is 1.65 bits per heavy atom. The Bertz CT molecular complexity index is 426. The largest absolute Gasteiger partial charge is 0.236 e. The van der Waals surface area contributed by atoms with Gasteiger partial charge in [-0.1, -0.05) is 30.9 Å². The van der Waals surface area contributed by atoms with Gasteiger partial charge >= 0.3 is 0 Å². The maximum Gasteiger partial charge on any atom is 0.147 e. The van der Waals surface area contributed by atoms with Crippen molar-refractivity contribution in [1.29, 1.82) is 0 Å². The van der Waals surface area contributed by atoms with Gasteiger partial charge < -0.3 is 0 Å². The van der Waals surface area contributed by atoms with E-state index >= 15 is 0 Å². The highest BCUT2D eigenvalue weighted by atomic mass is 79.9. The molecule has 1 aromatic rings. The Morgan fingerprint density at radius 1 is 0.941 bits per heavy atom. The van der Waals surface area contributed by atoms with Gasteiger partial charge in [-0.25, -0.2) is 9.97 Å². The molecule has 2 aliphatic carbocycles. The van der Waals surface area contributed by atoms with Crippen LogP contribution in [0.5, 0.6) is 0 Å². The van der Waals surface area contributed by atoms with E-state index in [0.29, 0.717) is 17.0 Å². The third kappa shape index (κ3) is 2.50. The summed E-state index contributed by atoms with van der Waals surface area (Å²) in [5, 5.41) is 0.600. The second-order valence-electron chi connectivity index (χ2n) is 5.18. The van der Waals surface area contributed by atoms with Crippen LogP contribution in [0.2, 0.25) is 5.15 Å². The number of hydrogen-bond acceptors (Lipinski definition) is 2. The monoisotopic (exact) mass is 314 g/mol. The molecule has 3 rings (SSSR count). The molecule has 1 heterocycles. The van der Waals surface area contributed by atoms with Crippen LogP contribution in [0.1, 0.15) is 68.3 Å². The maximum absolute atomic E-state index is 6.21. The van der Waals surface area contributed by atoms with Gasteiger partial charge in [0, 0.05) is 11.8 Å². The van der Waals surface area contributed by atoms with Crippen molar-refractivity contribution < 1.29 is 0 Å². The second-order valence-corrected chi connectivity index (χ2v) is 6.33. The van der Waals surface area contributed by atoms with E-state index in [9.17, 15) is 0 Å². The molecule has 2 saturated carbocycles. The molecule has 4 heteroatoms. The average molecular weight is 316 g/mol. The smallest absolute Gasteiger partial charge is 0.147 e. The first-order chi connectivity index (χ1) is 8.25. The summed E-state index contributed by atoms with van der Waals surface area (Å²) >= 11 is 9.73.